The second-order valence-corrected chi connectivity index (χ2v) is 4.46. The van der Waals surface area contributed by atoms with Crippen molar-refractivity contribution in [2.24, 2.45) is 5.73 Å². The Bertz CT molecular complexity index is 398. The van der Waals surface area contributed by atoms with Crippen molar-refractivity contribution >= 4 is 5.78 Å². The molecule has 18 heavy (non-hydrogen) atoms. The summed E-state index contributed by atoms with van der Waals surface area (Å²) in [7, 11) is 0. The quantitative estimate of drug-likeness (QED) is 0.882. The smallest absolute Gasteiger partial charge is 0.315 e. The summed E-state index contributed by atoms with van der Waals surface area (Å²) < 4.78 is 35.9. The summed E-state index contributed by atoms with van der Waals surface area (Å²) in [5.41, 5.74) is 5.28. The minimum Gasteiger partial charge on any atom is -0.315 e. The third kappa shape index (κ3) is 4.14. The maximum atomic E-state index is 12.0. The van der Waals surface area contributed by atoms with E-state index in [1.807, 2.05) is 0 Å². The molecule has 0 heterocycles. The van der Waals surface area contributed by atoms with Crippen LogP contribution in [0.4, 0.5) is 13.2 Å². The molecule has 0 radical (unpaired) electrons. The lowest BCUT2D eigenvalue weighted by Gasteiger charge is -2.23. The molecule has 0 fully saturated rings. The molecule has 0 aliphatic rings. The number of nitrogens with two attached hydrogens (primary N) is 1. The summed E-state index contributed by atoms with van der Waals surface area (Å²) >= 11 is 0. The SMILES string of the molecule is CC(N)(C(=O)CCCC(F)(F)F)c1ccccc1. The Morgan fingerprint density at radius 2 is 1.78 bits per heavy atom. The van der Waals surface area contributed by atoms with E-state index in [2.05, 4.69) is 0 Å². The molecule has 0 bridgehead atoms. The maximum Gasteiger partial charge on any atom is 0.389 e. The van der Waals surface area contributed by atoms with E-state index in [-0.39, 0.29) is 18.6 Å². The van der Waals surface area contributed by atoms with E-state index < -0.39 is 18.1 Å². The molecule has 1 rings (SSSR count). The fourth-order valence-electron chi connectivity index (χ4n) is 1.65. The molecule has 0 aromatic heterocycles. The largest absolute Gasteiger partial charge is 0.389 e. The Morgan fingerprint density at radius 1 is 1.22 bits per heavy atom. The van der Waals surface area contributed by atoms with Crippen LogP contribution in [0.15, 0.2) is 30.3 Å². The van der Waals surface area contributed by atoms with E-state index in [1.54, 1.807) is 30.3 Å². The zero-order valence-electron chi connectivity index (χ0n) is 10.1. The van der Waals surface area contributed by atoms with Crippen LogP contribution in [0.2, 0.25) is 0 Å². The highest BCUT2D eigenvalue weighted by Gasteiger charge is 2.32. The summed E-state index contributed by atoms with van der Waals surface area (Å²) in [6, 6.07) is 8.66. The molecular formula is C13H16F3NO. The molecule has 0 saturated carbocycles. The van der Waals surface area contributed by atoms with Crippen molar-refractivity contribution < 1.29 is 18.0 Å². The van der Waals surface area contributed by atoms with Gasteiger partial charge in [-0.15, -0.1) is 0 Å². The zero-order valence-corrected chi connectivity index (χ0v) is 10.1. The number of alkyl halides is 3. The highest BCUT2D eigenvalue weighted by atomic mass is 19.4. The fourth-order valence-corrected chi connectivity index (χ4v) is 1.65. The molecule has 2 N–H and O–H groups in total. The van der Waals surface area contributed by atoms with Crippen molar-refractivity contribution in [3.05, 3.63) is 35.9 Å². The fraction of sp³-hybridized carbons (Fsp3) is 0.462. The van der Waals surface area contributed by atoms with Gasteiger partial charge in [0.25, 0.3) is 0 Å². The van der Waals surface area contributed by atoms with E-state index in [1.165, 1.54) is 6.92 Å². The van der Waals surface area contributed by atoms with Crippen molar-refractivity contribution in [1.82, 2.24) is 0 Å². The average Bonchev–Trinajstić information content (AvgIpc) is 2.28. The van der Waals surface area contributed by atoms with Crippen LogP contribution >= 0.6 is 0 Å². The van der Waals surface area contributed by atoms with Gasteiger partial charge in [0.2, 0.25) is 0 Å². The second-order valence-electron chi connectivity index (χ2n) is 4.46. The Morgan fingerprint density at radius 3 is 2.28 bits per heavy atom. The van der Waals surface area contributed by atoms with E-state index in [0.717, 1.165) is 0 Å². The van der Waals surface area contributed by atoms with Crippen LogP contribution < -0.4 is 5.73 Å². The van der Waals surface area contributed by atoms with Crippen LogP contribution in [-0.4, -0.2) is 12.0 Å². The number of halogens is 3. The predicted molar refractivity (Wildman–Crippen MR) is 62.9 cm³/mol. The maximum absolute atomic E-state index is 12.0. The number of carbonyl (C=O) groups is 1. The molecule has 5 heteroatoms. The van der Waals surface area contributed by atoms with Gasteiger partial charge >= 0.3 is 6.18 Å². The lowest BCUT2D eigenvalue weighted by molar-refractivity contribution is -0.137. The number of Topliss-reactive ketones (excluding diaryl/α,β-unsaturated/α-hetero) is 1. The van der Waals surface area contributed by atoms with Crippen molar-refractivity contribution in [3.8, 4) is 0 Å². The number of benzene rings is 1. The number of carbonyl (C=O) groups excluding carboxylic acids is 1. The lowest BCUT2D eigenvalue weighted by Crippen LogP contribution is -2.41. The van der Waals surface area contributed by atoms with Gasteiger partial charge in [0.1, 0.15) is 0 Å². The van der Waals surface area contributed by atoms with Gasteiger partial charge in [-0.1, -0.05) is 30.3 Å². The van der Waals surface area contributed by atoms with Gasteiger partial charge in [0, 0.05) is 12.8 Å². The van der Waals surface area contributed by atoms with Crippen LogP contribution in [0.3, 0.4) is 0 Å². The van der Waals surface area contributed by atoms with Gasteiger partial charge in [0.15, 0.2) is 5.78 Å². The molecule has 0 aliphatic heterocycles. The normalized spacial score (nSPS) is 15.2. The van der Waals surface area contributed by atoms with Gasteiger partial charge in [-0.3, -0.25) is 4.79 Å². The summed E-state index contributed by atoms with van der Waals surface area (Å²) in [5, 5.41) is 0. The number of rotatable bonds is 5. The van der Waals surface area contributed by atoms with Gasteiger partial charge in [-0.05, 0) is 18.9 Å². The van der Waals surface area contributed by atoms with E-state index in [9.17, 15) is 18.0 Å². The molecule has 1 unspecified atom stereocenters. The third-order valence-electron chi connectivity index (χ3n) is 2.82. The summed E-state index contributed by atoms with van der Waals surface area (Å²) in [6.45, 7) is 1.53. The molecule has 0 amide bonds. The lowest BCUT2D eigenvalue weighted by atomic mass is 9.86. The number of ketones is 1. The molecule has 1 aromatic carbocycles. The first kappa shape index (κ1) is 14.7. The van der Waals surface area contributed by atoms with Crippen molar-refractivity contribution in [2.75, 3.05) is 0 Å². The standard InChI is InChI=1S/C13H16F3NO/c1-12(17,10-6-3-2-4-7-10)11(18)8-5-9-13(14,15)16/h2-4,6-7H,5,8-9,17H2,1H3. The summed E-state index contributed by atoms with van der Waals surface area (Å²) in [4.78, 5) is 11.9. The zero-order chi connectivity index (χ0) is 13.8. The van der Waals surface area contributed by atoms with Gasteiger partial charge in [-0.2, -0.15) is 13.2 Å². The molecule has 1 atom stereocenters. The Hall–Kier alpha value is -1.36. The van der Waals surface area contributed by atoms with Gasteiger partial charge in [0.05, 0.1) is 5.54 Å². The number of hydrogen-bond acceptors (Lipinski definition) is 2. The van der Waals surface area contributed by atoms with Crippen molar-refractivity contribution in [3.63, 3.8) is 0 Å². The van der Waals surface area contributed by atoms with Crippen molar-refractivity contribution in [2.45, 2.75) is 37.9 Å². The Kier molecular flexibility index (Phi) is 4.51. The first-order chi connectivity index (χ1) is 8.23. The first-order valence-electron chi connectivity index (χ1n) is 5.68. The molecule has 0 saturated heterocycles. The van der Waals surface area contributed by atoms with Crippen LogP contribution in [0.1, 0.15) is 31.7 Å². The van der Waals surface area contributed by atoms with Gasteiger partial charge in [-0.25, -0.2) is 0 Å². The van der Waals surface area contributed by atoms with Gasteiger partial charge < -0.3 is 5.73 Å². The molecule has 0 aliphatic carbocycles. The molecule has 0 spiro atoms. The number of hydrogen-bond donors (Lipinski definition) is 1. The Labute approximate surface area is 104 Å². The van der Waals surface area contributed by atoms with Crippen LogP contribution in [0.5, 0.6) is 0 Å². The Balaban J connectivity index is 2.61. The molecular weight excluding hydrogens is 243 g/mol. The van der Waals surface area contributed by atoms with E-state index in [0.29, 0.717) is 5.56 Å². The van der Waals surface area contributed by atoms with Crippen LogP contribution in [0, 0.1) is 0 Å². The minimum atomic E-state index is -4.22. The van der Waals surface area contributed by atoms with Crippen LogP contribution in [-0.2, 0) is 10.3 Å². The monoisotopic (exact) mass is 259 g/mol. The highest BCUT2D eigenvalue weighted by Crippen LogP contribution is 2.25. The molecule has 100 valence electrons. The second kappa shape index (κ2) is 5.52. The highest BCUT2D eigenvalue weighted by molar-refractivity contribution is 5.88. The van der Waals surface area contributed by atoms with Crippen LogP contribution in [0.25, 0.3) is 0 Å². The molecule has 2 nitrogen and oxygen atoms in total. The minimum absolute atomic E-state index is 0.165. The average molecular weight is 259 g/mol. The van der Waals surface area contributed by atoms with Crippen molar-refractivity contribution in [1.29, 1.82) is 0 Å². The predicted octanol–water partition coefficient (Wildman–Crippen LogP) is 3.16. The third-order valence-corrected chi connectivity index (χ3v) is 2.82. The first-order valence-corrected chi connectivity index (χ1v) is 5.68. The summed E-state index contributed by atoms with van der Waals surface area (Å²) in [5.74, 6) is -0.377. The summed E-state index contributed by atoms with van der Waals surface area (Å²) in [6.07, 6.45) is -5.56. The molecule has 1 aromatic rings. The van der Waals surface area contributed by atoms with E-state index in [4.69, 9.17) is 5.73 Å². The van der Waals surface area contributed by atoms with E-state index >= 15 is 0 Å². The topological polar surface area (TPSA) is 43.1 Å².